The predicted molar refractivity (Wildman–Crippen MR) is 87.6 cm³/mol. The first-order chi connectivity index (χ1) is 10.4. The Kier molecular flexibility index (Phi) is 12.2. The van der Waals surface area contributed by atoms with Gasteiger partial charge in [-0.15, -0.1) is 0 Å². The summed E-state index contributed by atoms with van der Waals surface area (Å²) >= 11 is 0. The lowest BCUT2D eigenvalue weighted by Crippen LogP contribution is -2.12. The molecule has 1 N–H and O–H groups in total. The van der Waals surface area contributed by atoms with E-state index in [-0.39, 0.29) is 12.7 Å². The summed E-state index contributed by atoms with van der Waals surface area (Å²) in [5.41, 5.74) is 0. The van der Waals surface area contributed by atoms with Crippen LogP contribution in [0.2, 0.25) is 0 Å². The van der Waals surface area contributed by atoms with Crippen LogP contribution in [0.3, 0.4) is 0 Å². The van der Waals surface area contributed by atoms with Crippen LogP contribution >= 0.6 is 0 Å². The van der Waals surface area contributed by atoms with Crippen molar-refractivity contribution in [2.24, 2.45) is 5.92 Å². The molecule has 21 heavy (non-hydrogen) atoms. The van der Waals surface area contributed by atoms with Crippen LogP contribution in [-0.2, 0) is 9.47 Å². The zero-order chi connectivity index (χ0) is 15.2. The highest BCUT2D eigenvalue weighted by atomic mass is 16.5. The average molecular weight is 300 g/mol. The quantitative estimate of drug-likeness (QED) is 0.486. The number of aliphatic hydroxyl groups excluding tert-OH is 1. The fraction of sp³-hybridized carbons (Fsp3) is 1.00. The zero-order valence-electron chi connectivity index (χ0n) is 14.0. The van der Waals surface area contributed by atoms with Crippen LogP contribution in [0.15, 0.2) is 0 Å². The summed E-state index contributed by atoms with van der Waals surface area (Å²) in [5, 5.41) is 8.99. The maximum absolute atomic E-state index is 8.99. The first-order valence-electron chi connectivity index (χ1n) is 9.17. The lowest BCUT2D eigenvalue weighted by atomic mass is 10.1. The molecule has 0 amide bonds. The molecule has 0 bridgehead atoms. The second-order valence-electron chi connectivity index (χ2n) is 6.50. The van der Waals surface area contributed by atoms with Gasteiger partial charge in [0.25, 0.3) is 0 Å². The first kappa shape index (κ1) is 18.9. The third-order valence-electron chi connectivity index (χ3n) is 4.36. The maximum Gasteiger partial charge on any atom is 0.0810 e. The van der Waals surface area contributed by atoms with Crippen molar-refractivity contribution in [3.05, 3.63) is 0 Å². The minimum Gasteiger partial charge on any atom is -0.394 e. The molecule has 1 aliphatic rings. The molecule has 3 nitrogen and oxygen atoms in total. The zero-order valence-corrected chi connectivity index (χ0v) is 14.0. The minimum absolute atomic E-state index is 0.0518. The topological polar surface area (TPSA) is 38.7 Å². The number of ether oxygens (including phenoxy) is 2. The van der Waals surface area contributed by atoms with Crippen LogP contribution < -0.4 is 0 Å². The SMILES string of the molecule is CCCCCCCCCCCCOC[C@H]1CO[C@H](CO)C1. The van der Waals surface area contributed by atoms with Crippen LogP contribution in [0.25, 0.3) is 0 Å². The van der Waals surface area contributed by atoms with Crippen molar-refractivity contribution in [3.8, 4) is 0 Å². The van der Waals surface area contributed by atoms with E-state index >= 15 is 0 Å². The number of hydrogen-bond donors (Lipinski definition) is 1. The third kappa shape index (κ3) is 10.3. The molecule has 0 saturated carbocycles. The molecule has 1 heterocycles. The molecule has 0 aromatic carbocycles. The normalized spacial score (nSPS) is 22.0. The number of rotatable bonds is 14. The molecule has 126 valence electrons. The molecule has 0 spiro atoms. The lowest BCUT2D eigenvalue weighted by molar-refractivity contribution is 0.0508. The Balaban J connectivity index is 1.73. The fourth-order valence-corrected chi connectivity index (χ4v) is 2.96. The summed E-state index contributed by atoms with van der Waals surface area (Å²) in [6.07, 6.45) is 14.7. The van der Waals surface area contributed by atoms with Gasteiger partial charge in [-0.3, -0.25) is 0 Å². The van der Waals surface area contributed by atoms with Gasteiger partial charge in [-0.1, -0.05) is 64.7 Å². The molecule has 0 aromatic heterocycles. The Bertz CT molecular complexity index is 221. The molecule has 1 fully saturated rings. The van der Waals surface area contributed by atoms with Crippen molar-refractivity contribution in [1.29, 1.82) is 0 Å². The molecule has 1 rings (SSSR count). The molecule has 1 saturated heterocycles. The third-order valence-corrected chi connectivity index (χ3v) is 4.36. The molecule has 0 unspecified atom stereocenters. The average Bonchev–Trinajstić information content (AvgIpc) is 2.96. The maximum atomic E-state index is 8.99. The number of hydrogen-bond acceptors (Lipinski definition) is 3. The number of aliphatic hydroxyl groups is 1. The van der Waals surface area contributed by atoms with Gasteiger partial charge in [0.15, 0.2) is 0 Å². The Morgan fingerprint density at radius 1 is 0.952 bits per heavy atom. The van der Waals surface area contributed by atoms with E-state index in [1.54, 1.807) is 0 Å². The minimum atomic E-state index is 0.0518. The van der Waals surface area contributed by atoms with E-state index in [4.69, 9.17) is 14.6 Å². The lowest BCUT2D eigenvalue weighted by Gasteiger charge is -2.09. The van der Waals surface area contributed by atoms with E-state index < -0.39 is 0 Å². The Morgan fingerprint density at radius 2 is 1.57 bits per heavy atom. The Labute approximate surface area is 131 Å². The van der Waals surface area contributed by atoms with Crippen molar-refractivity contribution in [3.63, 3.8) is 0 Å². The Morgan fingerprint density at radius 3 is 2.14 bits per heavy atom. The van der Waals surface area contributed by atoms with E-state index in [0.717, 1.165) is 26.2 Å². The molecule has 0 aliphatic carbocycles. The van der Waals surface area contributed by atoms with E-state index in [9.17, 15) is 0 Å². The van der Waals surface area contributed by atoms with Gasteiger partial charge >= 0.3 is 0 Å². The van der Waals surface area contributed by atoms with Crippen LogP contribution in [-0.4, -0.2) is 37.6 Å². The monoisotopic (exact) mass is 300 g/mol. The van der Waals surface area contributed by atoms with Gasteiger partial charge in [-0.2, -0.15) is 0 Å². The van der Waals surface area contributed by atoms with Crippen molar-refractivity contribution in [1.82, 2.24) is 0 Å². The van der Waals surface area contributed by atoms with Crippen LogP contribution in [0.4, 0.5) is 0 Å². The largest absolute Gasteiger partial charge is 0.394 e. The molecule has 3 heteroatoms. The highest BCUT2D eigenvalue weighted by molar-refractivity contribution is 4.72. The fourth-order valence-electron chi connectivity index (χ4n) is 2.96. The van der Waals surface area contributed by atoms with E-state index in [1.165, 1.54) is 64.2 Å². The summed E-state index contributed by atoms with van der Waals surface area (Å²) < 4.78 is 11.2. The summed E-state index contributed by atoms with van der Waals surface area (Å²) in [5.74, 6) is 0.491. The molecular weight excluding hydrogens is 264 g/mol. The van der Waals surface area contributed by atoms with Gasteiger partial charge in [0.2, 0.25) is 0 Å². The van der Waals surface area contributed by atoms with Crippen molar-refractivity contribution in [2.45, 2.75) is 83.7 Å². The van der Waals surface area contributed by atoms with E-state index in [0.29, 0.717) is 5.92 Å². The standard InChI is InChI=1S/C18H36O3/c1-2-3-4-5-6-7-8-9-10-11-12-20-15-17-13-18(14-19)21-16-17/h17-19H,2-16H2,1H3/t17-,18-/m0/s1. The van der Waals surface area contributed by atoms with Crippen LogP contribution in [0.5, 0.6) is 0 Å². The Hall–Kier alpha value is -0.120. The van der Waals surface area contributed by atoms with Crippen molar-refractivity contribution < 1.29 is 14.6 Å². The van der Waals surface area contributed by atoms with Gasteiger partial charge in [-0.05, 0) is 12.8 Å². The summed E-state index contributed by atoms with van der Waals surface area (Å²) in [7, 11) is 0. The van der Waals surface area contributed by atoms with Crippen molar-refractivity contribution >= 4 is 0 Å². The molecule has 0 radical (unpaired) electrons. The highest BCUT2D eigenvalue weighted by Crippen LogP contribution is 2.19. The van der Waals surface area contributed by atoms with Gasteiger partial charge in [0, 0.05) is 12.5 Å². The highest BCUT2D eigenvalue weighted by Gasteiger charge is 2.24. The van der Waals surface area contributed by atoms with Gasteiger partial charge in [0.1, 0.15) is 0 Å². The molecule has 1 aliphatic heterocycles. The molecule has 2 atom stereocenters. The van der Waals surface area contributed by atoms with Crippen molar-refractivity contribution in [2.75, 3.05) is 26.4 Å². The van der Waals surface area contributed by atoms with E-state index in [2.05, 4.69) is 6.92 Å². The smallest absolute Gasteiger partial charge is 0.0810 e. The van der Waals surface area contributed by atoms with Crippen LogP contribution in [0, 0.1) is 5.92 Å². The second kappa shape index (κ2) is 13.5. The van der Waals surface area contributed by atoms with Gasteiger partial charge in [0.05, 0.1) is 25.9 Å². The summed E-state index contributed by atoms with van der Waals surface area (Å²) in [6.45, 7) is 4.86. The summed E-state index contributed by atoms with van der Waals surface area (Å²) in [4.78, 5) is 0. The second-order valence-corrected chi connectivity index (χ2v) is 6.50. The van der Waals surface area contributed by atoms with Crippen LogP contribution in [0.1, 0.15) is 77.6 Å². The number of unbranched alkanes of at least 4 members (excludes halogenated alkanes) is 9. The molecule has 0 aromatic rings. The van der Waals surface area contributed by atoms with E-state index in [1.807, 2.05) is 0 Å². The molecular formula is C18H36O3. The predicted octanol–water partition coefficient (Wildman–Crippen LogP) is 4.32. The first-order valence-corrected chi connectivity index (χ1v) is 9.17. The van der Waals surface area contributed by atoms with Gasteiger partial charge < -0.3 is 14.6 Å². The summed E-state index contributed by atoms with van der Waals surface area (Å²) in [6, 6.07) is 0. The van der Waals surface area contributed by atoms with Gasteiger partial charge in [-0.25, -0.2) is 0 Å².